The summed E-state index contributed by atoms with van der Waals surface area (Å²) in [4.78, 5) is 37.9. The molecule has 150 valence electrons. The van der Waals surface area contributed by atoms with Crippen molar-refractivity contribution in [2.24, 2.45) is 5.92 Å². The minimum atomic E-state index is -2.16. The van der Waals surface area contributed by atoms with Crippen LogP contribution in [-0.2, 0) is 14.4 Å². The van der Waals surface area contributed by atoms with Crippen molar-refractivity contribution >= 4 is 17.7 Å². The van der Waals surface area contributed by atoms with E-state index in [1.165, 1.54) is 10.4 Å². The number of nitrogens with zero attached hydrogens (tertiary/aromatic N) is 1. The van der Waals surface area contributed by atoms with Crippen LogP contribution in [0, 0.1) is 5.92 Å². The predicted molar refractivity (Wildman–Crippen MR) is 91.9 cm³/mol. The van der Waals surface area contributed by atoms with E-state index in [9.17, 15) is 18.8 Å². The van der Waals surface area contributed by atoms with E-state index in [-0.39, 0.29) is 18.9 Å². The van der Waals surface area contributed by atoms with E-state index in [2.05, 4.69) is 5.32 Å². The monoisotopic (exact) mass is 375 g/mol. The van der Waals surface area contributed by atoms with Gasteiger partial charge in [-0.15, -0.1) is 0 Å². The first-order chi connectivity index (χ1) is 12.5. The van der Waals surface area contributed by atoms with E-state index in [1.54, 1.807) is 0 Å². The molecule has 1 heterocycles. The summed E-state index contributed by atoms with van der Waals surface area (Å²) < 4.78 is 14.4. The van der Waals surface area contributed by atoms with Crippen molar-refractivity contribution in [2.45, 2.75) is 64.1 Å². The van der Waals surface area contributed by atoms with Crippen LogP contribution in [0.3, 0.4) is 0 Å². The average Bonchev–Trinajstić information content (AvgIpc) is 3.14. The minimum absolute atomic E-state index is 0.0494. The first-order valence-corrected chi connectivity index (χ1v) is 9.24. The van der Waals surface area contributed by atoms with E-state index in [0.29, 0.717) is 45.2 Å². The number of aliphatic hydroxyl groups excluding tert-OH is 1. The van der Waals surface area contributed by atoms with Gasteiger partial charge in [0.2, 0.25) is 11.8 Å². The molecule has 4 N–H and O–H groups in total. The molecule has 1 aliphatic rings. The molecule has 0 bridgehead atoms. The Labute approximate surface area is 153 Å². The van der Waals surface area contributed by atoms with Gasteiger partial charge < -0.3 is 15.3 Å². The van der Waals surface area contributed by atoms with Gasteiger partial charge in [0.15, 0.2) is 6.17 Å². The maximum absolute atomic E-state index is 14.4. The number of aliphatic hydroxyl groups is 1. The highest BCUT2D eigenvalue weighted by Gasteiger charge is 2.41. The van der Waals surface area contributed by atoms with Gasteiger partial charge in [-0.1, -0.05) is 19.8 Å². The number of hydrogen-bond acceptors (Lipinski definition) is 5. The zero-order valence-electron chi connectivity index (χ0n) is 15.2. The Kier molecular flexibility index (Phi) is 10.1. The number of alkyl halides is 1. The Hall–Kier alpha value is -1.74. The van der Waals surface area contributed by atoms with Crippen molar-refractivity contribution in [3.05, 3.63) is 0 Å². The molecule has 26 heavy (non-hydrogen) atoms. The Morgan fingerprint density at radius 2 is 2.00 bits per heavy atom. The molecule has 0 spiro atoms. The van der Waals surface area contributed by atoms with Crippen molar-refractivity contribution in [3.63, 3.8) is 0 Å². The minimum Gasteiger partial charge on any atom is -0.396 e. The number of hydrogen-bond donors (Lipinski definition) is 4. The summed E-state index contributed by atoms with van der Waals surface area (Å²) >= 11 is 0. The molecule has 1 rings (SSSR count). The lowest BCUT2D eigenvalue weighted by Gasteiger charge is -2.29. The van der Waals surface area contributed by atoms with Gasteiger partial charge in [0, 0.05) is 19.7 Å². The van der Waals surface area contributed by atoms with Crippen molar-refractivity contribution in [2.75, 3.05) is 19.7 Å². The molecule has 0 saturated carbocycles. The third-order valence-corrected chi connectivity index (χ3v) is 4.62. The highest BCUT2D eigenvalue weighted by atomic mass is 19.1. The molecule has 1 fully saturated rings. The van der Waals surface area contributed by atoms with Crippen LogP contribution < -0.4 is 10.8 Å². The number of unbranched alkanes of at least 4 members (excludes halogenated alkanes) is 2. The largest absolute Gasteiger partial charge is 0.396 e. The lowest BCUT2D eigenvalue weighted by molar-refractivity contribution is -0.149. The highest BCUT2D eigenvalue weighted by molar-refractivity contribution is 5.92. The van der Waals surface area contributed by atoms with Gasteiger partial charge in [-0.25, -0.2) is 9.87 Å². The Morgan fingerprint density at radius 1 is 1.27 bits per heavy atom. The molecular weight excluding hydrogens is 345 g/mol. The number of carbonyl (C=O) groups is 3. The molecule has 1 saturated heterocycles. The van der Waals surface area contributed by atoms with E-state index < -0.39 is 29.9 Å². The van der Waals surface area contributed by atoms with Crippen molar-refractivity contribution in [1.29, 1.82) is 0 Å². The molecule has 0 aromatic rings. The van der Waals surface area contributed by atoms with Gasteiger partial charge in [-0.2, -0.15) is 0 Å². The zero-order valence-corrected chi connectivity index (χ0v) is 15.2. The second-order valence-electron chi connectivity index (χ2n) is 6.54. The normalized spacial score (nSPS) is 19.1. The predicted octanol–water partition coefficient (Wildman–Crippen LogP) is 0.516. The van der Waals surface area contributed by atoms with Crippen LogP contribution in [0.15, 0.2) is 0 Å². The summed E-state index contributed by atoms with van der Waals surface area (Å²) in [5.74, 6) is -3.33. The first kappa shape index (κ1) is 22.3. The molecule has 0 aromatic carbocycles. The lowest BCUT2D eigenvalue weighted by atomic mass is 9.94. The quantitative estimate of drug-likeness (QED) is 0.238. The van der Waals surface area contributed by atoms with Gasteiger partial charge in [-0.05, 0) is 32.1 Å². The Bertz CT molecular complexity index is 477. The van der Waals surface area contributed by atoms with Crippen LogP contribution in [0.1, 0.15) is 51.9 Å². The standard InChI is InChI=1S/C17H30FN3O5/c1-2-3-7-12(14(18)16(24)20-26)17(25)21-10-6-8-13(21)15(23)19-9-4-5-11-22/h12-14,22,26H,2-11H2,1H3,(H,19,23)(H,20,24)/t12-,13?,14+/m1/s1. The molecule has 3 atom stereocenters. The summed E-state index contributed by atoms with van der Waals surface area (Å²) in [6, 6.07) is -0.676. The fourth-order valence-corrected chi connectivity index (χ4v) is 3.15. The lowest BCUT2D eigenvalue weighted by Crippen LogP contribution is -2.51. The SMILES string of the molecule is CCCC[C@@H](C(=O)N1CCCC1C(=O)NCCCCO)[C@H](F)C(=O)NO. The first-order valence-electron chi connectivity index (χ1n) is 9.24. The molecule has 0 aliphatic carbocycles. The third kappa shape index (κ3) is 6.21. The van der Waals surface area contributed by atoms with Crippen LogP contribution in [0.4, 0.5) is 4.39 Å². The molecule has 1 aliphatic heterocycles. The number of amides is 3. The fraction of sp³-hybridized carbons (Fsp3) is 0.824. The number of likely N-dealkylation sites (tertiary alicyclic amines) is 1. The number of hydroxylamine groups is 1. The number of halogens is 1. The Morgan fingerprint density at radius 3 is 2.62 bits per heavy atom. The van der Waals surface area contributed by atoms with E-state index in [0.717, 1.165) is 6.42 Å². The topological polar surface area (TPSA) is 119 Å². The second kappa shape index (κ2) is 11.8. The summed E-state index contributed by atoms with van der Waals surface area (Å²) in [6.07, 6.45) is 1.62. The van der Waals surface area contributed by atoms with Crippen LogP contribution in [0.25, 0.3) is 0 Å². The molecular formula is C17H30FN3O5. The van der Waals surface area contributed by atoms with Gasteiger partial charge in [-0.3, -0.25) is 19.6 Å². The smallest absolute Gasteiger partial charge is 0.278 e. The van der Waals surface area contributed by atoms with E-state index in [1.807, 2.05) is 6.92 Å². The van der Waals surface area contributed by atoms with Gasteiger partial charge in [0.25, 0.3) is 5.91 Å². The number of carbonyl (C=O) groups excluding carboxylic acids is 3. The maximum Gasteiger partial charge on any atom is 0.278 e. The fourth-order valence-electron chi connectivity index (χ4n) is 3.15. The molecule has 0 radical (unpaired) electrons. The van der Waals surface area contributed by atoms with Crippen molar-refractivity contribution < 1.29 is 29.1 Å². The molecule has 1 unspecified atom stereocenters. The summed E-state index contributed by atoms with van der Waals surface area (Å²) in [6.45, 7) is 2.67. The maximum atomic E-state index is 14.4. The summed E-state index contributed by atoms with van der Waals surface area (Å²) in [7, 11) is 0. The van der Waals surface area contributed by atoms with Gasteiger partial charge in [0.05, 0.1) is 5.92 Å². The average molecular weight is 375 g/mol. The Balaban J connectivity index is 2.77. The van der Waals surface area contributed by atoms with E-state index >= 15 is 0 Å². The third-order valence-electron chi connectivity index (χ3n) is 4.62. The summed E-state index contributed by atoms with van der Waals surface area (Å²) in [5.41, 5.74) is 1.26. The second-order valence-corrected chi connectivity index (χ2v) is 6.54. The molecule has 0 aromatic heterocycles. The van der Waals surface area contributed by atoms with E-state index in [4.69, 9.17) is 10.3 Å². The van der Waals surface area contributed by atoms with Crippen LogP contribution in [0.2, 0.25) is 0 Å². The van der Waals surface area contributed by atoms with Crippen LogP contribution >= 0.6 is 0 Å². The highest BCUT2D eigenvalue weighted by Crippen LogP contribution is 2.25. The number of rotatable bonds is 11. The van der Waals surface area contributed by atoms with Crippen molar-refractivity contribution in [3.8, 4) is 0 Å². The zero-order chi connectivity index (χ0) is 19.5. The molecule has 9 heteroatoms. The van der Waals surface area contributed by atoms with Gasteiger partial charge in [0.1, 0.15) is 6.04 Å². The number of nitrogens with one attached hydrogen (secondary N) is 2. The van der Waals surface area contributed by atoms with Crippen LogP contribution in [-0.4, -0.2) is 64.8 Å². The van der Waals surface area contributed by atoms with Gasteiger partial charge >= 0.3 is 0 Å². The van der Waals surface area contributed by atoms with Crippen molar-refractivity contribution in [1.82, 2.24) is 15.7 Å². The molecule has 8 nitrogen and oxygen atoms in total. The summed E-state index contributed by atoms with van der Waals surface area (Å²) in [5, 5.41) is 20.1. The van der Waals surface area contributed by atoms with Crippen LogP contribution in [0.5, 0.6) is 0 Å². The molecule has 3 amide bonds.